The Hall–Kier alpha value is -4.15. The fraction of sp³-hybridized carbons (Fsp3) is 0.321. The maximum atomic E-state index is 13.0. The van der Waals surface area contributed by atoms with Crippen LogP contribution in [0.4, 0.5) is 4.79 Å². The Morgan fingerprint density at radius 2 is 1.71 bits per heavy atom. The number of piperidine rings is 1. The van der Waals surface area contributed by atoms with Gasteiger partial charge in [0.25, 0.3) is 5.43 Å². The van der Waals surface area contributed by atoms with Gasteiger partial charge in [-0.3, -0.25) is 14.2 Å². The quantitative estimate of drug-likeness (QED) is 0.199. The van der Waals surface area contributed by atoms with E-state index >= 15 is 0 Å². The minimum absolute atomic E-state index is 0.0849. The molecule has 3 aromatic carbocycles. The number of hydrogen-bond donors (Lipinski definition) is 1. The summed E-state index contributed by atoms with van der Waals surface area (Å²) in [7, 11) is 3.16. The molecule has 1 aliphatic rings. The van der Waals surface area contributed by atoms with E-state index in [1.165, 1.54) is 4.90 Å². The van der Waals surface area contributed by atoms with Crippen molar-refractivity contribution in [1.82, 2.24) is 14.0 Å². The summed E-state index contributed by atoms with van der Waals surface area (Å²) in [5, 5.41) is 11.5. The molecular formula is C28H27N3O7. The first-order chi connectivity index (χ1) is 18.5. The van der Waals surface area contributed by atoms with Crippen LogP contribution in [0.15, 0.2) is 52.1 Å². The van der Waals surface area contributed by atoms with Crippen molar-refractivity contribution in [3.8, 4) is 11.6 Å². The van der Waals surface area contributed by atoms with Crippen LogP contribution in [0.5, 0.6) is 5.75 Å². The Labute approximate surface area is 216 Å². The first-order valence-electron chi connectivity index (χ1n) is 12.4. The van der Waals surface area contributed by atoms with Crippen LogP contribution >= 0.6 is 0 Å². The first kappa shape index (κ1) is 24.2. The number of nitrogens with zero attached hydrogens (tertiary/aromatic N) is 3. The Morgan fingerprint density at radius 1 is 0.974 bits per heavy atom. The normalized spacial score (nSPS) is 14.8. The van der Waals surface area contributed by atoms with Crippen molar-refractivity contribution in [3.05, 3.63) is 68.5 Å². The number of rotatable bonds is 7. The van der Waals surface area contributed by atoms with E-state index < -0.39 is 17.0 Å². The molecule has 10 heteroatoms. The zero-order valence-corrected chi connectivity index (χ0v) is 21.1. The number of fused-ring (bicyclic) bond motifs is 4. The molecular weight excluding hydrogens is 490 g/mol. The Bertz CT molecular complexity index is 1760. The summed E-state index contributed by atoms with van der Waals surface area (Å²) >= 11 is 0. The number of likely N-dealkylation sites (tertiary alicyclic amines) is 1. The van der Waals surface area contributed by atoms with E-state index in [2.05, 4.69) is 4.57 Å². The van der Waals surface area contributed by atoms with Crippen molar-refractivity contribution in [2.24, 2.45) is 0 Å². The third-order valence-electron chi connectivity index (χ3n) is 7.53. The molecule has 5 aromatic rings. The van der Waals surface area contributed by atoms with Gasteiger partial charge < -0.3 is 28.8 Å². The number of para-hydroxylation sites is 2. The highest BCUT2D eigenvalue weighted by atomic mass is 16.7. The van der Waals surface area contributed by atoms with Crippen LogP contribution in [-0.4, -0.2) is 59.3 Å². The molecule has 1 amide bonds. The predicted molar refractivity (Wildman–Crippen MR) is 142 cm³/mol. The van der Waals surface area contributed by atoms with E-state index in [4.69, 9.17) is 14.2 Å². The summed E-state index contributed by atoms with van der Waals surface area (Å²) in [6.07, 6.45) is 0.218. The molecule has 1 saturated heterocycles. The molecule has 196 valence electrons. The topological polar surface area (TPSA) is 112 Å². The standard InChI is InChI=1S/C28H27N3O7/c1-36-15-38-14-16-6-5-8-19-22(16)30(17-10-12-29(13-11-17)28(34)35)27(26(19)37-2)31-20-9-4-3-7-18(20)21-23(31)25(33)24(21)32/h3-9,17H,10-15H2,1-2H3,(H,34,35). The van der Waals surface area contributed by atoms with Crippen molar-refractivity contribution in [2.45, 2.75) is 25.5 Å². The molecule has 1 aliphatic heterocycles. The zero-order valence-electron chi connectivity index (χ0n) is 21.1. The molecule has 0 spiro atoms. The van der Waals surface area contributed by atoms with Crippen LogP contribution < -0.4 is 15.6 Å². The fourth-order valence-electron chi connectivity index (χ4n) is 5.89. The van der Waals surface area contributed by atoms with Gasteiger partial charge in [0.15, 0.2) is 11.6 Å². The highest BCUT2D eigenvalue weighted by molar-refractivity contribution is 6.12. The number of ether oxygens (including phenoxy) is 3. The van der Waals surface area contributed by atoms with Gasteiger partial charge in [-0.1, -0.05) is 30.3 Å². The average molecular weight is 518 g/mol. The molecule has 0 bridgehead atoms. The summed E-state index contributed by atoms with van der Waals surface area (Å²) in [6, 6.07) is 13.3. The molecule has 2 aromatic heterocycles. The van der Waals surface area contributed by atoms with Crippen LogP contribution in [-0.2, 0) is 16.1 Å². The van der Waals surface area contributed by atoms with Crippen LogP contribution in [0.1, 0.15) is 24.4 Å². The number of hydrogen-bond acceptors (Lipinski definition) is 6. The molecule has 0 unspecified atom stereocenters. The molecule has 1 N–H and O–H groups in total. The van der Waals surface area contributed by atoms with E-state index in [-0.39, 0.29) is 19.4 Å². The van der Waals surface area contributed by atoms with Crippen molar-refractivity contribution >= 4 is 38.8 Å². The monoisotopic (exact) mass is 517 g/mol. The third-order valence-corrected chi connectivity index (χ3v) is 7.53. The van der Waals surface area contributed by atoms with Gasteiger partial charge >= 0.3 is 6.09 Å². The van der Waals surface area contributed by atoms with Gasteiger partial charge in [0.2, 0.25) is 5.43 Å². The number of carbonyl (C=O) groups is 1. The summed E-state index contributed by atoms with van der Waals surface area (Å²) in [5.41, 5.74) is 1.86. The van der Waals surface area contributed by atoms with Crippen LogP contribution in [0.25, 0.3) is 38.5 Å². The predicted octanol–water partition coefficient (Wildman–Crippen LogP) is 3.78. The second-order valence-corrected chi connectivity index (χ2v) is 9.53. The van der Waals surface area contributed by atoms with E-state index in [9.17, 15) is 19.5 Å². The highest BCUT2D eigenvalue weighted by Gasteiger charge is 2.33. The molecule has 1 fully saturated rings. The summed E-state index contributed by atoms with van der Waals surface area (Å²) < 4.78 is 20.8. The number of benzene rings is 2. The third kappa shape index (κ3) is 3.44. The number of amides is 1. The van der Waals surface area contributed by atoms with Gasteiger partial charge in [0.1, 0.15) is 12.3 Å². The highest BCUT2D eigenvalue weighted by Crippen LogP contribution is 2.44. The average Bonchev–Trinajstić information content (AvgIpc) is 3.44. The maximum absolute atomic E-state index is 13.0. The van der Waals surface area contributed by atoms with E-state index in [1.807, 2.05) is 47.0 Å². The lowest BCUT2D eigenvalue weighted by Gasteiger charge is -2.33. The van der Waals surface area contributed by atoms with Crippen molar-refractivity contribution in [3.63, 3.8) is 0 Å². The lowest BCUT2D eigenvalue weighted by molar-refractivity contribution is -0.0387. The minimum atomic E-state index is -0.936. The number of carboxylic acid groups (broad SMARTS) is 1. The molecule has 0 atom stereocenters. The van der Waals surface area contributed by atoms with E-state index in [1.54, 1.807) is 14.2 Å². The van der Waals surface area contributed by atoms with Crippen LogP contribution in [0.3, 0.4) is 0 Å². The van der Waals surface area contributed by atoms with Gasteiger partial charge in [-0.2, -0.15) is 0 Å². The number of methoxy groups -OCH3 is 2. The largest absolute Gasteiger partial charge is 0.492 e. The van der Waals surface area contributed by atoms with E-state index in [0.717, 1.165) is 27.4 Å². The van der Waals surface area contributed by atoms with Gasteiger partial charge in [-0.05, 0) is 25.0 Å². The van der Waals surface area contributed by atoms with Crippen LogP contribution in [0, 0.1) is 0 Å². The molecule has 0 aliphatic carbocycles. The molecule has 6 rings (SSSR count). The van der Waals surface area contributed by atoms with E-state index in [0.29, 0.717) is 48.4 Å². The molecule has 0 saturated carbocycles. The number of aromatic nitrogens is 2. The van der Waals surface area contributed by atoms with Crippen molar-refractivity contribution in [2.75, 3.05) is 34.1 Å². The first-order valence-corrected chi connectivity index (χ1v) is 12.4. The SMILES string of the molecule is COCOCc1cccc2c(OC)c(-n3c4ccccc4c4c(=O)c(=O)c43)n(C3CCN(C(=O)O)CC3)c12. The smallest absolute Gasteiger partial charge is 0.407 e. The zero-order chi connectivity index (χ0) is 26.6. The van der Waals surface area contributed by atoms with Crippen LogP contribution in [0.2, 0.25) is 0 Å². The van der Waals surface area contributed by atoms with Gasteiger partial charge in [-0.15, -0.1) is 0 Å². The lowest BCUT2D eigenvalue weighted by atomic mass is 10.0. The second kappa shape index (κ2) is 9.30. The van der Waals surface area contributed by atoms with Gasteiger partial charge in [0.05, 0.1) is 30.1 Å². The Morgan fingerprint density at radius 3 is 2.42 bits per heavy atom. The summed E-state index contributed by atoms with van der Waals surface area (Å²) in [4.78, 5) is 38.6. The minimum Gasteiger partial charge on any atom is -0.492 e. The maximum Gasteiger partial charge on any atom is 0.407 e. The fourth-order valence-corrected chi connectivity index (χ4v) is 5.89. The summed E-state index contributed by atoms with van der Waals surface area (Å²) in [5.74, 6) is 1.22. The molecule has 0 radical (unpaired) electrons. The molecule has 3 heterocycles. The molecule has 38 heavy (non-hydrogen) atoms. The lowest BCUT2D eigenvalue weighted by Crippen LogP contribution is -2.38. The van der Waals surface area contributed by atoms with Gasteiger partial charge in [0, 0.05) is 42.6 Å². The Balaban J connectivity index is 1.68. The van der Waals surface area contributed by atoms with Gasteiger partial charge in [-0.25, -0.2) is 4.79 Å². The van der Waals surface area contributed by atoms with Crippen molar-refractivity contribution < 1.29 is 24.1 Å². The second-order valence-electron chi connectivity index (χ2n) is 9.53. The summed E-state index contributed by atoms with van der Waals surface area (Å²) in [6.45, 7) is 1.18. The molecule has 10 nitrogen and oxygen atoms in total. The Kier molecular flexibility index (Phi) is 5.93. The van der Waals surface area contributed by atoms with Crippen molar-refractivity contribution in [1.29, 1.82) is 0 Å².